The molecule has 0 aliphatic heterocycles. The average molecular weight is 329 g/mol. The molecule has 5 rings (SSSR count). The monoisotopic (exact) mass is 329 g/mol. The van der Waals surface area contributed by atoms with Gasteiger partial charge in [0.05, 0.1) is 12.2 Å². The molecular formula is C20H31N3O. The molecule has 0 unspecified atom stereocenters. The van der Waals surface area contributed by atoms with Crippen molar-refractivity contribution in [1.29, 1.82) is 0 Å². The van der Waals surface area contributed by atoms with E-state index in [2.05, 4.69) is 30.3 Å². The highest BCUT2D eigenvalue weighted by Crippen LogP contribution is 2.61. The maximum absolute atomic E-state index is 12.7. The van der Waals surface area contributed by atoms with Crippen LogP contribution >= 0.6 is 0 Å². The maximum atomic E-state index is 12.7. The minimum atomic E-state index is 0.129. The zero-order chi connectivity index (χ0) is 16.9. The van der Waals surface area contributed by atoms with E-state index >= 15 is 0 Å². The molecule has 0 aromatic carbocycles. The van der Waals surface area contributed by atoms with Crippen molar-refractivity contribution in [2.75, 3.05) is 0 Å². The second-order valence-electron chi connectivity index (χ2n) is 9.17. The number of carbonyl (C=O) groups excluding carboxylic acids is 1. The summed E-state index contributed by atoms with van der Waals surface area (Å²) in [6.07, 6.45) is 8.98. The SMILES string of the molecule is Cc1cc(C)n(C[C@H](C)NC(=O)CC23CC4CC(CC(C4)C2)C3)n1. The molecule has 4 fully saturated rings. The van der Waals surface area contributed by atoms with Crippen molar-refractivity contribution >= 4 is 5.91 Å². The molecule has 1 aromatic rings. The van der Waals surface area contributed by atoms with E-state index in [-0.39, 0.29) is 11.9 Å². The number of nitrogens with zero attached hydrogens (tertiary/aromatic N) is 2. The van der Waals surface area contributed by atoms with Crippen LogP contribution in [0, 0.1) is 37.0 Å². The second kappa shape index (κ2) is 5.89. The van der Waals surface area contributed by atoms with E-state index in [1.807, 2.05) is 11.6 Å². The topological polar surface area (TPSA) is 46.9 Å². The average Bonchev–Trinajstić information content (AvgIpc) is 2.73. The number of aromatic nitrogens is 2. The van der Waals surface area contributed by atoms with E-state index in [0.717, 1.165) is 42.1 Å². The molecule has 1 amide bonds. The van der Waals surface area contributed by atoms with Crippen LogP contribution in [-0.4, -0.2) is 21.7 Å². The summed E-state index contributed by atoms with van der Waals surface area (Å²) in [4.78, 5) is 12.7. The lowest BCUT2D eigenvalue weighted by molar-refractivity contribution is -0.130. The first-order chi connectivity index (χ1) is 11.4. The summed E-state index contributed by atoms with van der Waals surface area (Å²) in [6.45, 7) is 6.93. The maximum Gasteiger partial charge on any atom is 0.220 e. The van der Waals surface area contributed by atoms with Crippen LogP contribution in [0.5, 0.6) is 0 Å². The molecule has 4 aliphatic rings. The molecule has 1 aromatic heterocycles. The molecule has 24 heavy (non-hydrogen) atoms. The lowest BCUT2D eigenvalue weighted by Gasteiger charge is -2.56. The molecular weight excluding hydrogens is 298 g/mol. The standard InChI is InChI=1S/C20H31N3O/c1-13-4-15(3)23(22-13)12-14(2)21-19(24)11-20-8-16-5-17(9-20)7-18(6-16)10-20/h4,14,16-18H,5-12H2,1-3H3,(H,21,24)/t14-,16?,17?,18?,20?/m0/s1. The first-order valence-corrected chi connectivity index (χ1v) is 9.71. The van der Waals surface area contributed by atoms with Crippen molar-refractivity contribution in [3.63, 3.8) is 0 Å². The van der Waals surface area contributed by atoms with Gasteiger partial charge >= 0.3 is 0 Å². The van der Waals surface area contributed by atoms with Crippen LogP contribution in [-0.2, 0) is 11.3 Å². The number of amides is 1. The first-order valence-electron chi connectivity index (χ1n) is 9.71. The second-order valence-corrected chi connectivity index (χ2v) is 9.17. The zero-order valence-electron chi connectivity index (χ0n) is 15.3. The van der Waals surface area contributed by atoms with Crippen LogP contribution in [0.15, 0.2) is 6.07 Å². The van der Waals surface area contributed by atoms with Gasteiger partial charge < -0.3 is 5.32 Å². The molecule has 4 bridgehead atoms. The number of aryl methyl sites for hydroxylation is 2. The van der Waals surface area contributed by atoms with Crippen LogP contribution in [0.25, 0.3) is 0 Å². The summed E-state index contributed by atoms with van der Waals surface area (Å²) in [5.74, 6) is 2.99. The lowest BCUT2D eigenvalue weighted by atomic mass is 9.49. The van der Waals surface area contributed by atoms with Gasteiger partial charge in [-0.05, 0) is 88.5 Å². The van der Waals surface area contributed by atoms with Gasteiger partial charge in [0, 0.05) is 18.2 Å². The van der Waals surface area contributed by atoms with Gasteiger partial charge in [0.25, 0.3) is 0 Å². The Morgan fingerprint density at radius 1 is 1.25 bits per heavy atom. The van der Waals surface area contributed by atoms with E-state index < -0.39 is 0 Å². The van der Waals surface area contributed by atoms with E-state index in [9.17, 15) is 4.79 Å². The highest BCUT2D eigenvalue weighted by atomic mass is 16.1. The fourth-order valence-electron chi connectivity index (χ4n) is 6.34. The van der Waals surface area contributed by atoms with E-state index in [4.69, 9.17) is 0 Å². The molecule has 0 radical (unpaired) electrons. The first kappa shape index (κ1) is 16.2. The third-order valence-electron chi connectivity index (χ3n) is 6.66. The Kier molecular flexibility index (Phi) is 3.97. The van der Waals surface area contributed by atoms with Gasteiger partial charge in [-0.3, -0.25) is 9.48 Å². The summed E-state index contributed by atoms with van der Waals surface area (Å²) in [7, 11) is 0. The molecule has 132 valence electrons. The Morgan fingerprint density at radius 2 is 1.83 bits per heavy atom. The molecule has 0 spiro atoms. The summed E-state index contributed by atoms with van der Waals surface area (Å²) < 4.78 is 2.00. The van der Waals surface area contributed by atoms with Crippen molar-refractivity contribution in [2.24, 2.45) is 23.2 Å². The van der Waals surface area contributed by atoms with E-state index in [0.29, 0.717) is 5.41 Å². The quantitative estimate of drug-likeness (QED) is 0.897. The minimum absolute atomic E-state index is 0.129. The molecule has 1 heterocycles. The van der Waals surface area contributed by atoms with Gasteiger partial charge in [-0.25, -0.2) is 0 Å². The van der Waals surface area contributed by atoms with E-state index in [1.54, 1.807) is 0 Å². The highest BCUT2D eigenvalue weighted by Gasteiger charge is 2.51. The number of hydrogen-bond donors (Lipinski definition) is 1. The molecule has 4 saturated carbocycles. The molecule has 4 heteroatoms. The van der Waals surface area contributed by atoms with Crippen molar-refractivity contribution in [3.05, 3.63) is 17.5 Å². The van der Waals surface area contributed by atoms with Crippen LogP contribution in [0.2, 0.25) is 0 Å². The zero-order valence-corrected chi connectivity index (χ0v) is 15.3. The fourth-order valence-corrected chi connectivity index (χ4v) is 6.34. The number of hydrogen-bond acceptors (Lipinski definition) is 2. The Bertz CT molecular complexity index is 598. The number of rotatable bonds is 5. The Hall–Kier alpha value is -1.32. The summed E-state index contributed by atoms with van der Waals surface area (Å²) in [6, 6.07) is 2.22. The van der Waals surface area contributed by atoms with Crippen LogP contribution in [0.3, 0.4) is 0 Å². The third-order valence-corrected chi connectivity index (χ3v) is 6.66. The van der Waals surface area contributed by atoms with Gasteiger partial charge in [-0.2, -0.15) is 5.10 Å². The Balaban J connectivity index is 1.34. The van der Waals surface area contributed by atoms with Crippen LogP contribution in [0.4, 0.5) is 0 Å². The van der Waals surface area contributed by atoms with Gasteiger partial charge in [0.1, 0.15) is 0 Å². The van der Waals surface area contributed by atoms with Crippen molar-refractivity contribution < 1.29 is 4.79 Å². The number of carbonyl (C=O) groups is 1. The smallest absolute Gasteiger partial charge is 0.220 e. The Morgan fingerprint density at radius 3 is 2.33 bits per heavy atom. The van der Waals surface area contributed by atoms with Gasteiger partial charge in [-0.1, -0.05) is 0 Å². The minimum Gasteiger partial charge on any atom is -0.352 e. The van der Waals surface area contributed by atoms with Crippen LogP contribution < -0.4 is 5.32 Å². The van der Waals surface area contributed by atoms with E-state index in [1.165, 1.54) is 38.5 Å². The molecule has 0 saturated heterocycles. The summed E-state index contributed by atoms with van der Waals surface area (Å²) in [5, 5.41) is 7.74. The van der Waals surface area contributed by atoms with Gasteiger partial charge in [-0.15, -0.1) is 0 Å². The highest BCUT2D eigenvalue weighted by molar-refractivity contribution is 5.77. The summed E-state index contributed by atoms with van der Waals surface area (Å²) in [5.41, 5.74) is 2.53. The molecule has 1 N–H and O–H groups in total. The van der Waals surface area contributed by atoms with Crippen molar-refractivity contribution in [2.45, 2.75) is 78.3 Å². The number of nitrogens with one attached hydrogen (secondary N) is 1. The largest absolute Gasteiger partial charge is 0.352 e. The molecule has 4 aliphatic carbocycles. The predicted molar refractivity (Wildman–Crippen MR) is 94.5 cm³/mol. The molecule has 1 atom stereocenters. The fraction of sp³-hybridized carbons (Fsp3) is 0.800. The Labute approximate surface area is 145 Å². The lowest BCUT2D eigenvalue weighted by Crippen LogP contribution is -2.48. The molecule has 4 nitrogen and oxygen atoms in total. The normalized spacial score (nSPS) is 35.2. The summed E-state index contributed by atoms with van der Waals surface area (Å²) >= 11 is 0. The van der Waals surface area contributed by atoms with Gasteiger partial charge in [0.2, 0.25) is 5.91 Å². The van der Waals surface area contributed by atoms with Crippen molar-refractivity contribution in [3.8, 4) is 0 Å². The predicted octanol–water partition coefficient (Wildman–Crippen LogP) is 3.61. The van der Waals surface area contributed by atoms with Crippen LogP contribution in [0.1, 0.15) is 63.3 Å². The third kappa shape index (κ3) is 3.12. The van der Waals surface area contributed by atoms with Gasteiger partial charge in [0.15, 0.2) is 0 Å². The van der Waals surface area contributed by atoms with Crippen molar-refractivity contribution in [1.82, 2.24) is 15.1 Å².